The van der Waals surface area contributed by atoms with Crippen LogP contribution in [-0.4, -0.2) is 20.8 Å². The summed E-state index contributed by atoms with van der Waals surface area (Å²) >= 11 is 0. The third-order valence-corrected chi connectivity index (χ3v) is 3.32. The first kappa shape index (κ1) is 11.3. The summed E-state index contributed by atoms with van der Waals surface area (Å²) in [4.78, 5) is 0. The van der Waals surface area contributed by atoms with Crippen LogP contribution in [0.5, 0.6) is 11.5 Å². The summed E-state index contributed by atoms with van der Waals surface area (Å²) in [6.45, 7) is 5.32. The van der Waals surface area contributed by atoms with Crippen LogP contribution < -0.4 is 14.8 Å². The highest BCUT2D eigenvalue weighted by atomic mass is 16.5. The van der Waals surface area contributed by atoms with Crippen molar-refractivity contribution in [1.29, 1.82) is 0 Å². The number of rotatable bonds is 2. The number of hydrogen-bond donors (Lipinski definition) is 1. The Kier molecular flexibility index (Phi) is 3.06. The van der Waals surface area contributed by atoms with Gasteiger partial charge >= 0.3 is 0 Å². The molecule has 0 spiro atoms. The fourth-order valence-electron chi connectivity index (χ4n) is 2.59. The van der Waals surface area contributed by atoms with Gasteiger partial charge in [-0.25, -0.2) is 0 Å². The van der Waals surface area contributed by atoms with E-state index in [9.17, 15) is 0 Å². The van der Waals surface area contributed by atoms with Gasteiger partial charge in [0.05, 0.1) is 14.2 Å². The molecule has 1 aromatic carbocycles. The van der Waals surface area contributed by atoms with Gasteiger partial charge in [-0.15, -0.1) is 0 Å². The van der Waals surface area contributed by atoms with Crippen LogP contribution in [0.3, 0.4) is 0 Å². The Morgan fingerprint density at radius 2 is 2.06 bits per heavy atom. The zero-order valence-corrected chi connectivity index (χ0v) is 10.4. The van der Waals surface area contributed by atoms with E-state index in [2.05, 4.69) is 25.2 Å². The molecule has 2 rings (SSSR count). The van der Waals surface area contributed by atoms with Crippen LogP contribution in [0.2, 0.25) is 0 Å². The maximum absolute atomic E-state index is 5.43. The molecule has 1 heterocycles. The normalized spacial score (nSPS) is 19.1. The van der Waals surface area contributed by atoms with Crippen molar-refractivity contribution in [3.8, 4) is 11.5 Å². The maximum atomic E-state index is 5.43. The number of benzene rings is 1. The molecule has 3 heteroatoms. The summed E-state index contributed by atoms with van der Waals surface area (Å²) in [5.41, 5.74) is 3.93. The summed E-state index contributed by atoms with van der Waals surface area (Å²) in [6, 6.07) is 2.50. The second-order valence-electron chi connectivity index (χ2n) is 4.24. The summed E-state index contributed by atoms with van der Waals surface area (Å²) in [5.74, 6) is 1.70. The molecule has 0 saturated heterocycles. The molecule has 0 bridgehead atoms. The van der Waals surface area contributed by atoms with Gasteiger partial charge in [0.25, 0.3) is 0 Å². The number of nitrogens with one attached hydrogen (secondary N) is 1. The highest BCUT2D eigenvalue weighted by Crippen LogP contribution is 2.39. The molecule has 1 atom stereocenters. The van der Waals surface area contributed by atoms with Gasteiger partial charge in [-0.1, -0.05) is 0 Å². The minimum Gasteiger partial charge on any atom is -0.493 e. The Hall–Kier alpha value is -1.22. The lowest BCUT2D eigenvalue weighted by Crippen LogP contribution is -2.28. The molecule has 1 N–H and O–H groups in total. The average Bonchev–Trinajstić information content (AvgIpc) is 2.28. The molecule has 0 aromatic heterocycles. The molecule has 1 aliphatic heterocycles. The lowest BCUT2D eigenvalue weighted by molar-refractivity contribution is 0.350. The monoisotopic (exact) mass is 221 g/mol. The topological polar surface area (TPSA) is 30.5 Å². The van der Waals surface area contributed by atoms with Crippen molar-refractivity contribution in [2.24, 2.45) is 0 Å². The zero-order chi connectivity index (χ0) is 11.7. The quantitative estimate of drug-likeness (QED) is 0.830. The van der Waals surface area contributed by atoms with Crippen molar-refractivity contribution in [3.05, 3.63) is 22.8 Å². The van der Waals surface area contributed by atoms with Crippen molar-refractivity contribution >= 4 is 0 Å². The Morgan fingerprint density at radius 1 is 1.31 bits per heavy atom. The summed E-state index contributed by atoms with van der Waals surface area (Å²) in [6.07, 6.45) is 1.06. The standard InChI is InChI=1S/C13H19NO2/c1-8-12-9(2)14-6-5-10(12)7-11(15-3)13(8)16-4/h7,9,14H,5-6H2,1-4H3. The fraction of sp³-hybridized carbons (Fsp3) is 0.538. The molecule has 0 fully saturated rings. The molecule has 0 radical (unpaired) electrons. The van der Waals surface area contributed by atoms with E-state index in [1.807, 2.05) is 0 Å². The molecule has 1 aromatic rings. The van der Waals surface area contributed by atoms with Crippen LogP contribution in [0.15, 0.2) is 6.07 Å². The Labute approximate surface area is 96.8 Å². The molecule has 0 aliphatic carbocycles. The molecule has 1 aliphatic rings. The lowest BCUT2D eigenvalue weighted by Gasteiger charge is -2.27. The minimum atomic E-state index is 0.392. The number of ether oxygens (including phenoxy) is 2. The molecule has 1 unspecified atom stereocenters. The number of fused-ring (bicyclic) bond motifs is 1. The lowest BCUT2D eigenvalue weighted by atomic mass is 9.90. The molecule has 0 saturated carbocycles. The first-order chi connectivity index (χ1) is 7.69. The smallest absolute Gasteiger partial charge is 0.163 e. The van der Waals surface area contributed by atoms with Crippen molar-refractivity contribution in [1.82, 2.24) is 5.32 Å². The number of hydrogen-bond acceptors (Lipinski definition) is 3. The van der Waals surface area contributed by atoms with E-state index in [0.717, 1.165) is 24.5 Å². The van der Waals surface area contributed by atoms with Gasteiger partial charge < -0.3 is 14.8 Å². The Balaban J connectivity index is 2.61. The summed E-state index contributed by atoms with van der Waals surface area (Å²) in [7, 11) is 3.38. The van der Waals surface area contributed by atoms with Crippen LogP contribution in [0.25, 0.3) is 0 Å². The third-order valence-electron chi connectivity index (χ3n) is 3.32. The van der Waals surface area contributed by atoms with Gasteiger partial charge in [0.1, 0.15) is 0 Å². The highest BCUT2D eigenvalue weighted by Gasteiger charge is 2.22. The van der Waals surface area contributed by atoms with Gasteiger partial charge in [-0.2, -0.15) is 0 Å². The minimum absolute atomic E-state index is 0.392. The van der Waals surface area contributed by atoms with E-state index in [-0.39, 0.29) is 0 Å². The first-order valence-corrected chi connectivity index (χ1v) is 5.66. The van der Waals surface area contributed by atoms with Crippen molar-refractivity contribution in [2.45, 2.75) is 26.3 Å². The fourth-order valence-corrected chi connectivity index (χ4v) is 2.59. The Morgan fingerprint density at radius 3 is 2.69 bits per heavy atom. The molecule has 3 nitrogen and oxygen atoms in total. The predicted octanol–water partition coefficient (Wildman–Crippen LogP) is 2.22. The van der Waals surface area contributed by atoms with E-state index in [0.29, 0.717) is 6.04 Å². The molecular formula is C13H19NO2. The van der Waals surface area contributed by atoms with Crippen molar-refractivity contribution < 1.29 is 9.47 Å². The van der Waals surface area contributed by atoms with E-state index in [1.54, 1.807) is 14.2 Å². The second-order valence-corrected chi connectivity index (χ2v) is 4.24. The number of methoxy groups -OCH3 is 2. The van der Waals surface area contributed by atoms with E-state index >= 15 is 0 Å². The zero-order valence-electron chi connectivity index (χ0n) is 10.4. The van der Waals surface area contributed by atoms with Crippen molar-refractivity contribution in [2.75, 3.05) is 20.8 Å². The van der Waals surface area contributed by atoms with Crippen LogP contribution >= 0.6 is 0 Å². The SMILES string of the molecule is COc1cc2c(c(C)c1OC)C(C)NCC2. The largest absolute Gasteiger partial charge is 0.493 e. The van der Waals surface area contributed by atoms with E-state index < -0.39 is 0 Å². The molecule has 16 heavy (non-hydrogen) atoms. The van der Waals surface area contributed by atoms with Gasteiger partial charge in [0.15, 0.2) is 11.5 Å². The predicted molar refractivity (Wildman–Crippen MR) is 64.4 cm³/mol. The van der Waals surface area contributed by atoms with Gasteiger partial charge in [0.2, 0.25) is 0 Å². The van der Waals surface area contributed by atoms with Crippen LogP contribution in [0, 0.1) is 6.92 Å². The second kappa shape index (κ2) is 4.34. The van der Waals surface area contributed by atoms with Crippen LogP contribution in [0.1, 0.15) is 29.7 Å². The highest BCUT2D eigenvalue weighted by molar-refractivity contribution is 5.55. The van der Waals surface area contributed by atoms with E-state index in [1.165, 1.54) is 16.7 Å². The molecule has 0 amide bonds. The van der Waals surface area contributed by atoms with Gasteiger partial charge in [0, 0.05) is 6.04 Å². The maximum Gasteiger partial charge on any atom is 0.163 e. The van der Waals surface area contributed by atoms with Crippen LogP contribution in [0.4, 0.5) is 0 Å². The average molecular weight is 221 g/mol. The Bertz CT molecular complexity index is 401. The van der Waals surface area contributed by atoms with Gasteiger partial charge in [-0.3, -0.25) is 0 Å². The van der Waals surface area contributed by atoms with E-state index in [4.69, 9.17) is 9.47 Å². The first-order valence-electron chi connectivity index (χ1n) is 5.66. The summed E-state index contributed by atoms with van der Waals surface area (Å²) in [5, 5.41) is 3.47. The molecular weight excluding hydrogens is 202 g/mol. The third kappa shape index (κ3) is 1.65. The molecule has 88 valence electrons. The van der Waals surface area contributed by atoms with Crippen molar-refractivity contribution in [3.63, 3.8) is 0 Å². The van der Waals surface area contributed by atoms with Crippen LogP contribution in [-0.2, 0) is 6.42 Å². The van der Waals surface area contributed by atoms with Gasteiger partial charge in [-0.05, 0) is 49.6 Å². The summed E-state index contributed by atoms with van der Waals surface area (Å²) < 4.78 is 10.8.